The van der Waals surface area contributed by atoms with E-state index in [9.17, 15) is 39.3 Å². The summed E-state index contributed by atoms with van der Waals surface area (Å²) in [5.74, 6) is 0.0660. The molecule has 2 aliphatic rings. The summed E-state index contributed by atoms with van der Waals surface area (Å²) >= 11 is 3.85. The van der Waals surface area contributed by atoms with Crippen LogP contribution in [0.4, 0.5) is 5.82 Å². The molecule has 0 saturated carbocycles. The molecule has 0 amide bonds. The summed E-state index contributed by atoms with van der Waals surface area (Å²) in [5.41, 5.74) is 5.03. The number of hydrogen-bond acceptors (Lipinski definition) is 16. The van der Waals surface area contributed by atoms with Gasteiger partial charge in [-0.25, -0.2) is 24.1 Å². The van der Waals surface area contributed by atoms with Crippen LogP contribution in [0.25, 0.3) is 11.2 Å². The van der Waals surface area contributed by atoms with E-state index in [4.69, 9.17) is 15.2 Å². The summed E-state index contributed by atoms with van der Waals surface area (Å²) in [4.78, 5) is 31.4. The minimum Gasteiger partial charge on any atom is -0.387 e. The van der Waals surface area contributed by atoms with Gasteiger partial charge in [0.15, 0.2) is 17.7 Å². The first-order valence-corrected chi connectivity index (χ1v) is 13.6. The quantitative estimate of drug-likeness (QED) is 0.115. The first-order valence-electron chi connectivity index (χ1n) is 10.1. The van der Waals surface area contributed by atoms with E-state index in [0.717, 1.165) is 6.33 Å². The first-order chi connectivity index (χ1) is 16.8. The van der Waals surface area contributed by atoms with Gasteiger partial charge in [0.1, 0.15) is 53.9 Å². The topological polar surface area (TPSA) is 271 Å². The number of hydrogen-bond donors (Lipinski definition) is 8. The van der Waals surface area contributed by atoms with Crippen LogP contribution in [0, 0.1) is 0 Å². The molecule has 2 saturated heterocycles. The second-order valence-electron chi connectivity index (χ2n) is 7.79. The third-order valence-corrected chi connectivity index (χ3v) is 8.37. The highest BCUT2D eigenvalue weighted by Crippen LogP contribution is 2.60. The van der Waals surface area contributed by atoms with Gasteiger partial charge >= 0.3 is 15.6 Å². The van der Waals surface area contributed by atoms with E-state index in [1.54, 1.807) is 0 Å². The highest BCUT2D eigenvalue weighted by Gasteiger charge is 2.47. The number of aliphatic hydroxyl groups is 4. The van der Waals surface area contributed by atoms with E-state index in [1.807, 2.05) is 0 Å². The lowest BCUT2D eigenvalue weighted by Gasteiger charge is -2.20. The van der Waals surface area contributed by atoms with Crippen molar-refractivity contribution in [3.8, 4) is 0 Å². The summed E-state index contributed by atoms with van der Waals surface area (Å²) in [5, 5.41) is 40.0. The van der Waals surface area contributed by atoms with Gasteiger partial charge in [-0.05, 0) is 0 Å². The predicted octanol–water partition coefficient (Wildman–Crippen LogP) is -2.35. The average Bonchev–Trinajstić information content (AvgIpc) is 3.42. The number of imidazole rings is 1. The van der Waals surface area contributed by atoms with Crippen LogP contribution in [0.15, 0.2) is 12.7 Å². The molecular weight excluding hydrogens is 552 g/mol. The van der Waals surface area contributed by atoms with Gasteiger partial charge in [-0.1, -0.05) is 0 Å². The number of nitrogen functional groups attached to an aromatic ring is 1. The fraction of sp³-hybridized carbons (Fsp3) is 0.667. The van der Waals surface area contributed by atoms with Crippen molar-refractivity contribution in [3.05, 3.63) is 12.7 Å². The molecule has 21 heteroatoms. The van der Waals surface area contributed by atoms with Crippen LogP contribution >= 0.6 is 28.3 Å². The monoisotopic (exact) mass is 575 g/mol. The van der Waals surface area contributed by atoms with Crippen molar-refractivity contribution in [2.45, 2.75) is 48.3 Å². The Balaban J connectivity index is 1.34. The van der Waals surface area contributed by atoms with Crippen LogP contribution in [0.3, 0.4) is 0 Å². The smallest absolute Gasteiger partial charge is 0.387 e. The molecule has 2 aliphatic heterocycles. The molecule has 36 heavy (non-hydrogen) atoms. The Morgan fingerprint density at radius 2 is 1.53 bits per heavy atom. The Morgan fingerprint density at radius 1 is 0.944 bits per heavy atom. The van der Waals surface area contributed by atoms with E-state index in [-0.39, 0.29) is 17.0 Å². The Hall–Kier alpha value is -1.28. The first kappa shape index (κ1) is 27.7. The number of thiol groups is 1. The van der Waals surface area contributed by atoms with Gasteiger partial charge in [0.25, 0.3) is 0 Å². The highest BCUT2D eigenvalue weighted by atomic mass is 32.1. The lowest BCUT2D eigenvalue weighted by Crippen LogP contribution is -2.33. The molecule has 2 unspecified atom stereocenters. The summed E-state index contributed by atoms with van der Waals surface area (Å²) in [7, 11) is -10.5. The third-order valence-electron chi connectivity index (χ3n) is 5.35. The largest absolute Gasteiger partial charge is 0.481 e. The van der Waals surface area contributed by atoms with Crippen molar-refractivity contribution in [2.75, 3.05) is 18.9 Å². The lowest BCUT2D eigenvalue weighted by atomic mass is 10.1. The molecule has 4 heterocycles. The number of rotatable bonds is 9. The van der Waals surface area contributed by atoms with E-state index in [2.05, 4.69) is 40.9 Å². The van der Waals surface area contributed by atoms with E-state index < -0.39 is 77.1 Å². The Kier molecular flexibility index (Phi) is 8.07. The van der Waals surface area contributed by atoms with Crippen LogP contribution in [-0.2, 0) is 32.0 Å². The van der Waals surface area contributed by atoms with Gasteiger partial charge in [0, 0.05) is 0 Å². The maximum absolute atomic E-state index is 12.2. The normalized spacial score (nSPS) is 36.2. The van der Waals surface area contributed by atoms with Crippen molar-refractivity contribution < 1.29 is 62.2 Å². The van der Waals surface area contributed by atoms with Crippen molar-refractivity contribution in [2.24, 2.45) is 0 Å². The molecule has 202 valence electrons. The van der Waals surface area contributed by atoms with Gasteiger partial charge in [-0.3, -0.25) is 13.6 Å². The zero-order chi connectivity index (χ0) is 26.4. The Morgan fingerprint density at radius 3 is 2.11 bits per heavy atom. The van der Waals surface area contributed by atoms with E-state index in [1.165, 1.54) is 10.9 Å². The van der Waals surface area contributed by atoms with Crippen LogP contribution in [0.1, 0.15) is 6.23 Å². The Labute approximate surface area is 207 Å². The Bertz CT molecular complexity index is 1190. The molecule has 2 fully saturated rings. The summed E-state index contributed by atoms with van der Waals surface area (Å²) in [6, 6.07) is 0. The number of phosphoric acid groups is 2. The summed E-state index contributed by atoms with van der Waals surface area (Å²) in [6.07, 6.45) is -7.58. The lowest BCUT2D eigenvalue weighted by molar-refractivity contribution is -0.0506. The van der Waals surface area contributed by atoms with Crippen molar-refractivity contribution in [3.63, 3.8) is 0 Å². The number of fused-ring (bicyclic) bond motifs is 1. The number of nitrogens with two attached hydrogens (primary N) is 1. The number of aromatic nitrogens is 4. The molecule has 0 aliphatic carbocycles. The molecular formula is C15H23N5O13P2S. The fourth-order valence-corrected chi connectivity index (χ4v) is 5.96. The second kappa shape index (κ2) is 10.5. The minimum atomic E-state index is -5.27. The minimum absolute atomic E-state index is 0.0660. The van der Waals surface area contributed by atoms with Crippen LogP contribution in [-0.4, -0.2) is 105 Å². The van der Waals surface area contributed by atoms with Crippen molar-refractivity contribution in [1.82, 2.24) is 19.5 Å². The van der Waals surface area contributed by atoms with Gasteiger partial charge in [-0.15, -0.1) is 12.6 Å². The standard InChI is InChI=1S/C15H23N5O13P2S/c16-12-7-13(18-3-17-12)20(4-19-7)14-10(23)8(21)5(31-14)1-29-34(25,26)33-35(27,28)30-2-6-9(22)11(24)15(36)32-6/h3-6,8-11,14-15,21-24,36H,1-2H2,(H,25,26)(H,27,28)(H2,16,17,18)/t5-,6-,8-,9-,10-,11-,14-,15-/m1/s1. The third kappa shape index (κ3) is 5.74. The second-order valence-corrected chi connectivity index (χ2v) is 11.3. The van der Waals surface area contributed by atoms with E-state index >= 15 is 0 Å². The van der Waals surface area contributed by atoms with Gasteiger partial charge in [0.2, 0.25) is 0 Å². The molecule has 0 aromatic carbocycles. The molecule has 4 rings (SSSR count). The SMILES string of the molecule is Nc1ncnc2c1ncn2[C@@H]1O[C@H](COP(=O)(O)OP(=O)(O)OC[C@H]2O[C@H](S)[C@H](O)[C@@H]2O)[C@@H](O)[C@H]1O. The van der Waals surface area contributed by atoms with Gasteiger partial charge in [0.05, 0.1) is 19.5 Å². The fourth-order valence-electron chi connectivity index (χ4n) is 3.53. The molecule has 10 atom stereocenters. The zero-order valence-electron chi connectivity index (χ0n) is 17.9. The molecule has 2 aromatic heterocycles. The van der Waals surface area contributed by atoms with Gasteiger partial charge in [-0.2, -0.15) is 4.31 Å². The molecule has 18 nitrogen and oxygen atoms in total. The number of anilines is 1. The summed E-state index contributed by atoms with van der Waals surface area (Å²) < 4.78 is 49.4. The summed E-state index contributed by atoms with van der Waals surface area (Å²) in [6.45, 7) is -1.65. The number of nitrogens with zero attached hydrogens (tertiary/aromatic N) is 4. The predicted molar refractivity (Wildman–Crippen MR) is 118 cm³/mol. The number of phosphoric ester groups is 2. The molecule has 0 bridgehead atoms. The van der Waals surface area contributed by atoms with Crippen LogP contribution in [0.5, 0.6) is 0 Å². The van der Waals surface area contributed by atoms with E-state index in [0.29, 0.717) is 0 Å². The molecule has 0 radical (unpaired) electrons. The average molecular weight is 575 g/mol. The molecule has 0 spiro atoms. The van der Waals surface area contributed by atoms with Crippen LogP contribution in [0.2, 0.25) is 0 Å². The molecule has 2 aromatic rings. The number of aliphatic hydroxyl groups excluding tert-OH is 4. The maximum Gasteiger partial charge on any atom is 0.481 e. The van der Waals surface area contributed by atoms with Crippen molar-refractivity contribution in [1.29, 1.82) is 0 Å². The van der Waals surface area contributed by atoms with Gasteiger partial charge < -0.3 is 45.4 Å². The highest BCUT2D eigenvalue weighted by molar-refractivity contribution is 7.80. The van der Waals surface area contributed by atoms with Crippen LogP contribution < -0.4 is 5.73 Å². The van der Waals surface area contributed by atoms with Crippen molar-refractivity contribution >= 4 is 45.3 Å². The maximum atomic E-state index is 12.2. The number of ether oxygens (including phenoxy) is 2. The molecule has 8 N–H and O–H groups in total. The zero-order valence-corrected chi connectivity index (χ0v) is 20.6.